The van der Waals surface area contributed by atoms with E-state index in [9.17, 15) is 9.59 Å². The topological polar surface area (TPSA) is 121 Å². The lowest BCUT2D eigenvalue weighted by Crippen LogP contribution is -2.22. The number of nitrogens with two attached hydrogens (primary N) is 1. The van der Waals surface area contributed by atoms with E-state index < -0.39 is 24.5 Å². The fourth-order valence-corrected chi connectivity index (χ4v) is 0.647. The van der Waals surface area contributed by atoms with E-state index in [2.05, 4.69) is 6.92 Å². The predicted octanol–water partition coefficient (Wildman–Crippen LogP) is 0.0419. The minimum atomic E-state index is -1.79. The van der Waals surface area contributed by atoms with Gasteiger partial charge in [-0.2, -0.15) is 0 Å². The summed E-state index contributed by atoms with van der Waals surface area (Å²) in [6.07, 6.45) is 1.21. The van der Waals surface area contributed by atoms with Crippen LogP contribution in [0, 0.1) is 0 Å². The molecule has 0 aliphatic heterocycles. The highest BCUT2D eigenvalue weighted by molar-refractivity contribution is 5.79. The highest BCUT2D eigenvalue weighted by atomic mass is 16.4. The van der Waals surface area contributed by atoms with Crippen LogP contribution in [-0.4, -0.2) is 39.9 Å². The van der Waals surface area contributed by atoms with Crippen LogP contribution in [0.4, 0.5) is 0 Å². The first-order valence-corrected chi connectivity index (χ1v) is 4.78. The molecule has 0 aliphatic carbocycles. The Balaban J connectivity index is 0. The van der Waals surface area contributed by atoms with Crippen LogP contribution in [0.15, 0.2) is 0 Å². The minimum Gasteiger partial charge on any atom is -0.481 e. The van der Waals surface area contributed by atoms with Crippen LogP contribution in [0.25, 0.3) is 0 Å². The molecule has 0 aromatic carbocycles. The molecule has 0 saturated heterocycles. The zero-order chi connectivity index (χ0) is 12.3. The number of carboxylic acid groups (broad SMARTS) is 2. The van der Waals surface area contributed by atoms with Gasteiger partial charge in [-0.05, 0) is 13.0 Å². The van der Waals surface area contributed by atoms with Crippen molar-refractivity contribution in [2.75, 3.05) is 6.54 Å². The fourth-order valence-electron chi connectivity index (χ4n) is 0.647. The Kier molecular flexibility index (Phi) is 11.9. The molecule has 0 rings (SSSR count). The number of carboxylic acids is 2. The molecule has 0 aliphatic rings. The van der Waals surface area contributed by atoms with Crippen molar-refractivity contribution >= 4 is 11.9 Å². The second kappa shape index (κ2) is 10.9. The molecule has 6 nitrogen and oxygen atoms in total. The van der Waals surface area contributed by atoms with Gasteiger partial charge in [0, 0.05) is 0 Å². The SMILES string of the molecule is CCCCCN.O=C(O)CC(O)C(=O)O. The third-order valence-corrected chi connectivity index (χ3v) is 1.46. The maximum atomic E-state index is 9.72. The van der Waals surface area contributed by atoms with Gasteiger partial charge in [0.05, 0.1) is 6.42 Å². The molecule has 0 fully saturated rings. The zero-order valence-corrected chi connectivity index (χ0v) is 8.85. The van der Waals surface area contributed by atoms with Gasteiger partial charge >= 0.3 is 11.9 Å². The summed E-state index contributed by atoms with van der Waals surface area (Å²) < 4.78 is 0. The van der Waals surface area contributed by atoms with Gasteiger partial charge in [-0.25, -0.2) is 4.79 Å². The molecule has 0 radical (unpaired) electrons. The smallest absolute Gasteiger partial charge is 0.333 e. The van der Waals surface area contributed by atoms with Gasteiger partial charge in [0.2, 0.25) is 0 Å². The van der Waals surface area contributed by atoms with Crippen molar-refractivity contribution in [3.8, 4) is 0 Å². The Bertz CT molecular complexity index is 179. The van der Waals surface area contributed by atoms with Crippen molar-refractivity contribution in [1.82, 2.24) is 0 Å². The van der Waals surface area contributed by atoms with Crippen molar-refractivity contribution in [1.29, 1.82) is 0 Å². The van der Waals surface area contributed by atoms with E-state index in [-0.39, 0.29) is 0 Å². The van der Waals surface area contributed by atoms with Crippen LogP contribution in [-0.2, 0) is 9.59 Å². The Morgan fingerprint density at radius 2 is 1.80 bits per heavy atom. The number of aliphatic hydroxyl groups excluding tert-OH is 1. The predicted molar refractivity (Wildman–Crippen MR) is 54.5 cm³/mol. The number of hydrogen-bond donors (Lipinski definition) is 4. The van der Waals surface area contributed by atoms with Crippen molar-refractivity contribution in [3.05, 3.63) is 0 Å². The molecule has 0 spiro atoms. The standard InChI is InChI=1S/C5H13N.C4H6O5/c1-2-3-4-5-6;5-2(4(8)9)1-3(6)7/h2-6H2,1H3;2,5H,1H2,(H,6,7)(H,8,9). The third-order valence-electron chi connectivity index (χ3n) is 1.46. The molecule has 5 N–H and O–H groups in total. The van der Waals surface area contributed by atoms with E-state index >= 15 is 0 Å². The van der Waals surface area contributed by atoms with Crippen LogP contribution in [0.3, 0.4) is 0 Å². The Morgan fingerprint density at radius 3 is 1.93 bits per heavy atom. The van der Waals surface area contributed by atoms with Crippen molar-refractivity contribution in [3.63, 3.8) is 0 Å². The maximum absolute atomic E-state index is 9.72. The molecule has 0 aromatic heterocycles. The summed E-state index contributed by atoms with van der Waals surface area (Å²) in [4.78, 5) is 19.4. The molecule has 1 atom stereocenters. The number of hydrogen-bond acceptors (Lipinski definition) is 4. The molecule has 15 heavy (non-hydrogen) atoms. The molecule has 0 aromatic rings. The van der Waals surface area contributed by atoms with E-state index in [0.717, 1.165) is 6.54 Å². The van der Waals surface area contributed by atoms with Crippen LogP contribution in [0.2, 0.25) is 0 Å². The van der Waals surface area contributed by atoms with E-state index in [0.29, 0.717) is 0 Å². The number of rotatable bonds is 6. The first-order chi connectivity index (χ1) is 6.95. The lowest BCUT2D eigenvalue weighted by atomic mass is 10.3. The summed E-state index contributed by atoms with van der Waals surface area (Å²) in [5, 5.41) is 24.1. The first-order valence-electron chi connectivity index (χ1n) is 4.78. The normalized spacial score (nSPS) is 11.1. The molecular weight excluding hydrogens is 202 g/mol. The summed E-state index contributed by atoms with van der Waals surface area (Å²) in [5.41, 5.74) is 5.21. The van der Waals surface area contributed by atoms with Gasteiger partial charge in [-0.15, -0.1) is 0 Å². The molecule has 0 heterocycles. The average Bonchev–Trinajstić information content (AvgIpc) is 2.14. The summed E-state index contributed by atoms with van der Waals surface area (Å²) in [5.74, 6) is -2.85. The summed E-state index contributed by atoms with van der Waals surface area (Å²) in [6.45, 7) is 3.03. The fraction of sp³-hybridized carbons (Fsp3) is 0.778. The van der Waals surface area contributed by atoms with Gasteiger partial charge in [0.1, 0.15) is 0 Å². The van der Waals surface area contributed by atoms with E-state index in [1.807, 2.05) is 0 Å². The minimum absolute atomic E-state index is 0.755. The van der Waals surface area contributed by atoms with E-state index in [4.69, 9.17) is 21.1 Å². The average molecular weight is 221 g/mol. The molecule has 0 bridgehead atoms. The van der Waals surface area contributed by atoms with E-state index in [1.54, 1.807) is 0 Å². The molecule has 90 valence electrons. The lowest BCUT2D eigenvalue weighted by Gasteiger charge is -1.97. The van der Waals surface area contributed by atoms with Crippen molar-refractivity contribution in [2.24, 2.45) is 5.73 Å². The number of aliphatic carboxylic acids is 2. The molecule has 0 amide bonds. The van der Waals surface area contributed by atoms with Crippen LogP contribution < -0.4 is 5.73 Å². The maximum Gasteiger partial charge on any atom is 0.333 e. The monoisotopic (exact) mass is 221 g/mol. The van der Waals surface area contributed by atoms with Gasteiger partial charge in [0.15, 0.2) is 6.10 Å². The Morgan fingerprint density at radius 1 is 1.27 bits per heavy atom. The van der Waals surface area contributed by atoms with Gasteiger partial charge in [0.25, 0.3) is 0 Å². The van der Waals surface area contributed by atoms with Crippen LogP contribution >= 0.6 is 0 Å². The summed E-state index contributed by atoms with van der Waals surface area (Å²) >= 11 is 0. The van der Waals surface area contributed by atoms with Crippen LogP contribution in [0.5, 0.6) is 0 Å². The highest BCUT2D eigenvalue weighted by Gasteiger charge is 2.16. The first kappa shape index (κ1) is 16.3. The van der Waals surface area contributed by atoms with Crippen molar-refractivity contribution in [2.45, 2.75) is 38.7 Å². The number of carbonyl (C=O) groups is 2. The molecular formula is C9H19NO5. The quantitative estimate of drug-likeness (QED) is 0.470. The Labute approximate surface area is 88.7 Å². The second-order valence-corrected chi connectivity index (χ2v) is 2.95. The third kappa shape index (κ3) is 15.6. The molecule has 1 unspecified atom stereocenters. The summed E-state index contributed by atoms with van der Waals surface area (Å²) in [6, 6.07) is 0. The lowest BCUT2D eigenvalue weighted by molar-refractivity contribution is -0.152. The van der Waals surface area contributed by atoms with Crippen LogP contribution in [0.1, 0.15) is 32.6 Å². The largest absolute Gasteiger partial charge is 0.481 e. The zero-order valence-electron chi connectivity index (χ0n) is 8.85. The van der Waals surface area contributed by atoms with Gasteiger partial charge in [-0.1, -0.05) is 19.8 Å². The molecule has 6 heteroatoms. The number of unbranched alkanes of at least 4 members (excludes halogenated alkanes) is 2. The van der Waals surface area contributed by atoms with Crippen molar-refractivity contribution < 1.29 is 24.9 Å². The van der Waals surface area contributed by atoms with E-state index in [1.165, 1.54) is 19.3 Å². The Hall–Kier alpha value is -1.14. The highest BCUT2D eigenvalue weighted by Crippen LogP contribution is 1.89. The van der Waals surface area contributed by atoms with Gasteiger partial charge in [-0.3, -0.25) is 4.79 Å². The molecule has 0 saturated carbocycles. The second-order valence-electron chi connectivity index (χ2n) is 2.95. The van der Waals surface area contributed by atoms with Gasteiger partial charge < -0.3 is 21.1 Å². The summed E-state index contributed by atoms with van der Waals surface area (Å²) in [7, 11) is 0. The number of aliphatic hydroxyl groups is 1.